The molecule has 2 rings (SSSR count). The SMILES string of the molecule is CC1CCC(c2nnc(I)o2)O1. The summed E-state index contributed by atoms with van der Waals surface area (Å²) in [5.41, 5.74) is 0. The summed E-state index contributed by atoms with van der Waals surface area (Å²) in [5.74, 6) is 0.615. The fraction of sp³-hybridized carbons (Fsp3) is 0.714. The largest absolute Gasteiger partial charge is 0.414 e. The van der Waals surface area contributed by atoms with E-state index < -0.39 is 0 Å². The van der Waals surface area contributed by atoms with E-state index in [1.807, 2.05) is 22.6 Å². The Bertz CT molecular complexity index is 276. The number of ether oxygens (including phenoxy) is 1. The summed E-state index contributed by atoms with van der Waals surface area (Å²) in [5, 5.41) is 7.66. The topological polar surface area (TPSA) is 48.2 Å². The minimum atomic E-state index is 0.0241. The molecule has 2 unspecified atom stereocenters. The van der Waals surface area contributed by atoms with Crippen molar-refractivity contribution in [2.45, 2.75) is 32.0 Å². The molecule has 1 aromatic heterocycles. The molecule has 0 aliphatic carbocycles. The van der Waals surface area contributed by atoms with E-state index in [4.69, 9.17) is 9.15 Å². The Hall–Kier alpha value is -0.170. The van der Waals surface area contributed by atoms with E-state index in [1.54, 1.807) is 0 Å². The third kappa shape index (κ3) is 1.61. The molecule has 0 aromatic carbocycles. The molecule has 2 heterocycles. The van der Waals surface area contributed by atoms with Crippen LogP contribution in [0, 0.1) is 3.90 Å². The maximum absolute atomic E-state index is 5.56. The summed E-state index contributed by atoms with van der Waals surface area (Å²) in [6, 6.07) is 0. The number of hydrogen-bond donors (Lipinski definition) is 0. The van der Waals surface area contributed by atoms with Gasteiger partial charge in [-0.2, -0.15) is 0 Å². The van der Waals surface area contributed by atoms with Crippen molar-refractivity contribution in [3.63, 3.8) is 0 Å². The zero-order valence-electron chi connectivity index (χ0n) is 6.66. The predicted molar refractivity (Wildman–Crippen MR) is 49.5 cm³/mol. The zero-order chi connectivity index (χ0) is 8.55. The maximum atomic E-state index is 5.56. The lowest BCUT2D eigenvalue weighted by atomic mass is 10.2. The standard InChI is InChI=1S/C7H9IN2O2/c1-4-2-3-5(11-4)6-9-10-7(8)12-6/h4-5H,2-3H2,1H3. The van der Waals surface area contributed by atoms with Crippen LogP contribution in [0.1, 0.15) is 31.8 Å². The van der Waals surface area contributed by atoms with Gasteiger partial charge < -0.3 is 9.15 Å². The Morgan fingerprint density at radius 3 is 2.75 bits per heavy atom. The van der Waals surface area contributed by atoms with Crippen LogP contribution in [0.4, 0.5) is 0 Å². The molecule has 0 radical (unpaired) electrons. The van der Waals surface area contributed by atoms with E-state index >= 15 is 0 Å². The van der Waals surface area contributed by atoms with Crippen molar-refractivity contribution in [2.24, 2.45) is 0 Å². The molecule has 0 spiro atoms. The molecule has 0 N–H and O–H groups in total. The summed E-state index contributed by atoms with van der Waals surface area (Å²) in [6.07, 6.45) is 2.40. The van der Waals surface area contributed by atoms with Gasteiger partial charge in [-0.25, -0.2) is 0 Å². The van der Waals surface area contributed by atoms with Crippen LogP contribution in [-0.2, 0) is 4.74 Å². The van der Waals surface area contributed by atoms with Gasteiger partial charge in [0.25, 0.3) is 3.90 Å². The lowest BCUT2D eigenvalue weighted by Crippen LogP contribution is -2.01. The van der Waals surface area contributed by atoms with Crippen LogP contribution in [0.15, 0.2) is 4.42 Å². The average molecular weight is 280 g/mol. The Balaban J connectivity index is 2.11. The lowest BCUT2D eigenvalue weighted by Gasteiger charge is -2.04. The summed E-state index contributed by atoms with van der Waals surface area (Å²) in [7, 11) is 0. The van der Waals surface area contributed by atoms with Crippen LogP contribution in [0.3, 0.4) is 0 Å². The van der Waals surface area contributed by atoms with Crippen LogP contribution in [0.2, 0.25) is 0 Å². The lowest BCUT2D eigenvalue weighted by molar-refractivity contribution is 0.0385. The summed E-state index contributed by atoms with van der Waals surface area (Å²) in [6.45, 7) is 2.06. The zero-order valence-corrected chi connectivity index (χ0v) is 8.82. The maximum Gasteiger partial charge on any atom is 0.278 e. The van der Waals surface area contributed by atoms with E-state index in [-0.39, 0.29) is 6.10 Å². The molecule has 1 aliphatic heterocycles. The van der Waals surface area contributed by atoms with Crippen LogP contribution in [-0.4, -0.2) is 16.3 Å². The summed E-state index contributed by atoms with van der Waals surface area (Å²) < 4.78 is 11.4. The first-order valence-electron chi connectivity index (χ1n) is 3.90. The monoisotopic (exact) mass is 280 g/mol. The second-order valence-electron chi connectivity index (χ2n) is 2.91. The van der Waals surface area contributed by atoms with Crippen molar-refractivity contribution < 1.29 is 9.15 Å². The highest BCUT2D eigenvalue weighted by Gasteiger charge is 2.27. The van der Waals surface area contributed by atoms with Gasteiger partial charge in [-0.15, -0.1) is 10.2 Å². The molecule has 1 aromatic rings. The fourth-order valence-corrected chi connectivity index (χ4v) is 1.66. The van der Waals surface area contributed by atoms with Crippen LogP contribution < -0.4 is 0 Å². The normalized spacial score (nSPS) is 29.5. The number of aromatic nitrogens is 2. The molecule has 0 bridgehead atoms. The van der Waals surface area contributed by atoms with Gasteiger partial charge in [-0.05, 0) is 19.8 Å². The Morgan fingerprint density at radius 2 is 2.25 bits per heavy atom. The highest BCUT2D eigenvalue weighted by molar-refractivity contribution is 14.1. The second kappa shape index (κ2) is 3.29. The van der Waals surface area contributed by atoms with E-state index in [9.17, 15) is 0 Å². The minimum Gasteiger partial charge on any atom is -0.414 e. The molecule has 66 valence electrons. The molecule has 2 atom stereocenters. The van der Waals surface area contributed by atoms with Gasteiger partial charge in [0, 0.05) is 22.6 Å². The van der Waals surface area contributed by atoms with Crippen molar-refractivity contribution in [3.05, 3.63) is 9.79 Å². The summed E-state index contributed by atoms with van der Waals surface area (Å²) >= 11 is 2.00. The number of halogens is 1. The Kier molecular flexibility index (Phi) is 2.31. The van der Waals surface area contributed by atoms with Gasteiger partial charge in [0.05, 0.1) is 6.10 Å². The third-order valence-electron chi connectivity index (χ3n) is 1.92. The van der Waals surface area contributed by atoms with Crippen LogP contribution in [0.25, 0.3) is 0 Å². The van der Waals surface area contributed by atoms with Gasteiger partial charge >= 0.3 is 0 Å². The van der Waals surface area contributed by atoms with Gasteiger partial charge in [-0.3, -0.25) is 0 Å². The van der Waals surface area contributed by atoms with E-state index in [0.29, 0.717) is 15.9 Å². The molecular weight excluding hydrogens is 271 g/mol. The van der Waals surface area contributed by atoms with Crippen molar-refractivity contribution in [1.29, 1.82) is 0 Å². The van der Waals surface area contributed by atoms with E-state index in [2.05, 4.69) is 17.1 Å². The van der Waals surface area contributed by atoms with Gasteiger partial charge in [-0.1, -0.05) is 0 Å². The Labute approximate surface area is 83.8 Å². The first kappa shape index (κ1) is 8.43. The van der Waals surface area contributed by atoms with Gasteiger partial charge in [0.2, 0.25) is 5.89 Å². The predicted octanol–water partition coefficient (Wildman–Crippen LogP) is 1.91. The van der Waals surface area contributed by atoms with Gasteiger partial charge in [0.15, 0.2) is 0 Å². The Morgan fingerprint density at radius 1 is 1.42 bits per heavy atom. The van der Waals surface area contributed by atoms with Crippen molar-refractivity contribution in [3.8, 4) is 0 Å². The van der Waals surface area contributed by atoms with Crippen molar-refractivity contribution in [1.82, 2.24) is 10.2 Å². The highest BCUT2D eigenvalue weighted by Crippen LogP contribution is 2.31. The fourth-order valence-electron chi connectivity index (χ4n) is 1.33. The number of hydrogen-bond acceptors (Lipinski definition) is 4. The van der Waals surface area contributed by atoms with Crippen molar-refractivity contribution >= 4 is 22.6 Å². The first-order valence-corrected chi connectivity index (χ1v) is 4.98. The quantitative estimate of drug-likeness (QED) is 0.737. The molecule has 0 saturated carbocycles. The average Bonchev–Trinajstić information content (AvgIpc) is 2.58. The highest BCUT2D eigenvalue weighted by atomic mass is 127. The van der Waals surface area contributed by atoms with Crippen molar-refractivity contribution in [2.75, 3.05) is 0 Å². The first-order chi connectivity index (χ1) is 5.75. The van der Waals surface area contributed by atoms with E-state index in [0.717, 1.165) is 12.8 Å². The number of rotatable bonds is 1. The minimum absolute atomic E-state index is 0.0241. The molecule has 1 aliphatic rings. The molecular formula is C7H9IN2O2. The summed E-state index contributed by atoms with van der Waals surface area (Å²) in [4.78, 5) is 0. The van der Waals surface area contributed by atoms with Crippen LogP contribution >= 0.6 is 22.6 Å². The third-order valence-corrected chi connectivity index (χ3v) is 2.36. The van der Waals surface area contributed by atoms with Gasteiger partial charge in [0.1, 0.15) is 6.10 Å². The van der Waals surface area contributed by atoms with Crippen LogP contribution in [0.5, 0.6) is 0 Å². The number of nitrogens with zero attached hydrogens (tertiary/aromatic N) is 2. The molecule has 1 saturated heterocycles. The molecule has 4 nitrogen and oxygen atoms in total. The molecule has 5 heteroatoms. The molecule has 12 heavy (non-hydrogen) atoms. The smallest absolute Gasteiger partial charge is 0.278 e. The van der Waals surface area contributed by atoms with E-state index in [1.165, 1.54) is 0 Å². The molecule has 0 amide bonds. The molecule has 1 fully saturated rings. The second-order valence-corrected chi connectivity index (χ2v) is 3.83.